The summed E-state index contributed by atoms with van der Waals surface area (Å²) in [6.45, 7) is 0.114. The first-order valence-electron chi connectivity index (χ1n) is 4.81. The smallest absolute Gasteiger partial charge is 0.329 e. The van der Waals surface area contributed by atoms with E-state index in [1.54, 1.807) is 23.8 Å². The van der Waals surface area contributed by atoms with Gasteiger partial charge >= 0.3 is 5.97 Å². The fourth-order valence-corrected chi connectivity index (χ4v) is 1.11. The molecule has 0 spiro atoms. The van der Waals surface area contributed by atoms with Crippen LogP contribution in [0.15, 0.2) is 24.3 Å². The molecule has 0 radical (unpaired) electrons. The van der Waals surface area contributed by atoms with Crippen LogP contribution in [0.4, 0.5) is 0 Å². The molecule has 1 aromatic rings. The second kappa shape index (κ2) is 6.46. The van der Waals surface area contributed by atoms with Crippen LogP contribution >= 0.6 is 0 Å². The van der Waals surface area contributed by atoms with Crippen molar-refractivity contribution in [1.29, 1.82) is 0 Å². The van der Waals surface area contributed by atoms with Crippen LogP contribution in [0.2, 0.25) is 0 Å². The molecule has 0 atom stereocenters. The van der Waals surface area contributed by atoms with Gasteiger partial charge < -0.3 is 15.3 Å². The standard InChI is InChI=1S/C10H13N3O4/c11-10(15)7-2-1-3-8(6-7)16-5-4-9(14)17-13-12/h1-3,6,13H,4-5,12H2,(H2,11,15). The second-order valence-electron chi connectivity index (χ2n) is 3.08. The van der Waals surface area contributed by atoms with Gasteiger partial charge in [-0.05, 0) is 18.2 Å². The summed E-state index contributed by atoms with van der Waals surface area (Å²) in [7, 11) is 0. The number of benzene rings is 1. The molecule has 1 aromatic carbocycles. The second-order valence-corrected chi connectivity index (χ2v) is 3.08. The van der Waals surface area contributed by atoms with Crippen LogP contribution in [-0.4, -0.2) is 18.5 Å². The summed E-state index contributed by atoms with van der Waals surface area (Å²) < 4.78 is 5.24. The van der Waals surface area contributed by atoms with E-state index in [-0.39, 0.29) is 13.0 Å². The molecule has 1 rings (SSSR count). The van der Waals surface area contributed by atoms with E-state index in [9.17, 15) is 9.59 Å². The average molecular weight is 239 g/mol. The first kappa shape index (κ1) is 12.9. The highest BCUT2D eigenvalue weighted by atomic mass is 16.7. The molecule has 0 aliphatic heterocycles. The van der Waals surface area contributed by atoms with Crippen LogP contribution in [0.3, 0.4) is 0 Å². The van der Waals surface area contributed by atoms with Crippen molar-refractivity contribution in [2.75, 3.05) is 6.61 Å². The fourth-order valence-electron chi connectivity index (χ4n) is 1.11. The monoisotopic (exact) mass is 239 g/mol. The van der Waals surface area contributed by atoms with E-state index in [2.05, 4.69) is 4.84 Å². The number of nitrogens with one attached hydrogen (secondary N) is 1. The van der Waals surface area contributed by atoms with Crippen LogP contribution in [0.5, 0.6) is 5.75 Å². The lowest BCUT2D eigenvalue weighted by Gasteiger charge is -2.06. The quantitative estimate of drug-likeness (QED) is 0.454. The molecule has 0 bridgehead atoms. The summed E-state index contributed by atoms with van der Waals surface area (Å²) in [6, 6.07) is 6.35. The molecule has 0 unspecified atom stereocenters. The lowest BCUT2D eigenvalue weighted by molar-refractivity contribution is -0.151. The lowest BCUT2D eigenvalue weighted by atomic mass is 10.2. The van der Waals surface area contributed by atoms with E-state index < -0.39 is 11.9 Å². The minimum Gasteiger partial charge on any atom is -0.493 e. The van der Waals surface area contributed by atoms with Crippen molar-refractivity contribution >= 4 is 11.9 Å². The molecule has 0 aliphatic rings. The summed E-state index contributed by atoms with van der Waals surface area (Å²) >= 11 is 0. The number of carbonyl (C=O) groups is 2. The van der Waals surface area contributed by atoms with Gasteiger partial charge in [-0.2, -0.15) is 0 Å². The predicted molar refractivity (Wildman–Crippen MR) is 58.5 cm³/mol. The molecule has 7 nitrogen and oxygen atoms in total. The number of amides is 1. The summed E-state index contributed by atoms with van der Waals surface area (Å²) in [4.78, 5) is 26.1. The zero-order chi connectivity index (χ0) is 12.7. The molecule has 0 fully saturated rings. The Morgan fingerprint density at radius 1 is 1.35 bits per heavy atom. The number of carbonyl (C=O) groups excluding carboxylic acids is 2. The Labute approximate surface area is 97.6 Å². The van der Waals surface area contributed by atoms with Gasteiger partial charge in [-0.15, -0.1) is 0 Å². The third kappa shape index (κ3) is 4.49. The largest absolute Gasteiger partial charge is 0.493 e. The Bertz CT molecular complexity index is 408. The van der Waals surface area contributed by atoms with Gasteiger partial charge in [0, 0.05) is 5.56 Å². The Morgan fingerprint density at radius 2 is 2.12 bits per heavy atom. The highest BCUT2D eigenvalue weighted by Crippen LogP contribution is 2.13. The predicted octanol–water partition coefficient (Wildman–Crippen LogP) is -0.524. The van der Waals surface area contributed by atoms with E-state index in [4.69, 9.17) is 16.3 Å². The molecule has 17 heavy (non-hydrogen) atoms. The van der Waals surface area contributed by atoms with Gasteiger partial charge in [0.25, 0.3) is 0 Å². The van der Waals surface area contributed by atoms with Gasteiger partial charge in [0.1, 0.15) is 5.75 Å². The van der Waals surface area contributed by atoms with Crippen molar-refractivity contribution in [1.82, 2.24) is 5.59 Å². The molecular formula is C10H13N3O4. The molecule has 0 aliphatic carbocycles. The molecule has 1 amide bonds. The van der Waals surface area contributed by atoms with E-state index in [1.807, 2.05) is 0 Å². The molecule has 7 heteroatoms. The van der Waals surface area contributed by atoms with Gasteiger partial charge in [-0.25, -0.2) is 5.84 Å². The first-order chi connectivity index (χ1) is 8.13. The van der Waals surface area contributed by atoms with E-state index >= 15 is 0 Å². The number of hydrogen-bond donors (Lipinski definition) is 3. The van der Waals surface area contributed by atoms with E-state index in [0.717, 1.165) is 0 Å². The number of rotatable bonds is 6. The maximum absolute atomic E-state index is 10.9. The maximum atomic E-state index is 10.9. The molecule has 0 saturated carbocycles. The summed E-state index contributed by atoms with van der Waals surface area (Å²) in [6.07, 6.45) is 0.0327. The van der Waals surface area contributed by atoms with Crippen molar-refractivity contribution in [3.05, 3.63) is 29.8 Å². The normalized spacial score (nSPS) is 9.71. The molecule has 0 aromatic heterocycles. The SMILES string of the molecule is NNOC(=O)CCOc1cccc(C(N)=O)c1. The Hall–Kier alpha value is -2.12. The zero-order valence-corrected chi connectivity index (χ0v) is 9.01. The summed E-state index contributed by atoms with van der Waals surface area (Å²) in [5.41, 5.74) is 7.22. The third-order valence-electron chi connectivity index (χ3n) is 1.87. The van der Waals surface area contributed by atoms with E-state index in [0.29, 0.717) is 11.3 Å². The first-order valence-corrected chi connectivity index (χ1v) is 4.81. The molecule has 0 heterocycles. The molecule has 92 valence electrons. The maximum Gasteiger partial charge on any atom is 0.329 e. The van der Waals surface area contributed by atoms with Gasteiger partial charge in [0.05, 0.1) is 13.0 Å². The van der Waals surface area contributed by atoms with Crippen molar-refractivity contribution in [3.8, 4) is 5.75 Å². The Kier molecular flexibility index (Phi) is 4.92. The zero-order valence-electron chi connectivity index (χ0n) is 9.01. The number of hydrazine groups is 1. The van der Waals surface area contributed by atoms with Crippen molar-refractivity contribution < 1.29 is 19.2 Å². The Morgan fingerprint density at radius 3 is 2.76 bits per heavy atom. The highest BCUT2D eigenvalue weighted by molar-refractivity contribution is 5.93. The molecular weight excluding hydrogens is 226 g/mol. The number of ether oxygens (including phenoxy) is 1. The fraction of sp³-hybridized carbons (Fsp3) is 0.200. The van der Waals surface area contributed by atoms with Gasteiger partial charge in [0.2, 0.25) is 5.91 Å². The minimum atomic E-state index is -0.543. The van der Waals surface area contributed by atoms with Crippen molar-refractivity contribution in [3.63, 3.8) is 0 Å². The van der Waals surface area contributed by atoms with Crippen LogP contribution in [-0.2, 0) is 9.63 Å². The van der Waals surface area contributed by atoms with Gasteiger partial charge in [-0.3, -0.25) is 9.59 Å². The summed E-state index contributed by atoms with van der Waals surface area (Å²) in [5.74, 6) is 4.15. The van der Waals surface area contributed by atoms with E-state index in [1.165, 1.54) is 6.07 Å². The van der Waals surface area contributed by atoms with Crippen LogP contribution in [0.25, 0.3) is 0 Å². The highest BCUT2D eigenvalue weighted by Gasteiger charge is 2.04. The minimum absolute atomic E-state index is 0.0327. The topological polar surface area (TPSA) is 117 Å². The number of nitrogens with two attached hydrogens (primary N) is 2. The van der Waals surface area contributed by atoms with Crippen LogP contribution in [0.1, 0.15) is 16.8 Å². The van der Waals surface area contributed by atoms with Crippen molar-refractivity contribution in [2.24, 2.45) is 11.6 Å². The number of primary amides is 1. The average Bonchev–Trinajstić information content (AvgIpc) is 2.30. The van der Waals surface area contributed by atoms with Crippen LogP contribution in [0, 0.1) is 0 Å². The van der Waals surface area contributed by atoms with Crippen molar-refractivity contribution in [2.45, 2.75) is 6.42 Å². The molecule has 5 N–H and O–H groups in total. The molecule has 0 saturated heterocycles. The Balaban J connectivity index is 2.44. The number of hydrogen-bond acceptors (Lipinski definition) is 6. The lowest BCUT2D eigenvalue weighted by Crippen LogP contribution is -2.26. The third-order valence-corrected chi connectivity index (χ3v) is 1.87. The van der Waals surface area contributed by atoms with Gasteiger partial charge in [0.15, 0.2) is 0 Å². The van der Waals surface area contributed by atoms with Gasteiger partial charge in [-0.1, -0.05) is 11.7 Å². The van der Waals surface area contributed by atoms with Crippen LogP contribution < -0.4 is 21.9 Å². The summed E-state index contributed by atoms with van der Waals surface area (Å²) in [5, 5.41) is 0.